The first kappa shape index (κ1) is 15.0. The highest BCUT2D eigenvalue weighted by atomic mass is 32.2. The van der Waals surface area contributed by atoms with Gasteiger partial charge in [0.2, 0.25) is 0 Å². The van der Waals surface area contributed by atoms with E-state index < -0.39 is 39.2 Å². The Labute approximate surface area is 112 Å². The van der Waals surface area contributed by atoms with Gasteiger partial charge in [-0.3, -0.25) is 4.72 Å². The number of hydrogen-bond acceptors (Lipinski definition) is 3. The molecule has 1 fully saturated rings. The van der Waals surface area contributed by atoms with Gasteiger partial charge in [-0.1, -0.05) is 0 Å². The number of nitrogens with zero attached hydrogens (tertiary/aromatic N) is 1. The Bertz CT molecular complexity index is 591. The lowest BCUT2D eigenvalue weighted by Gasteiger charge is -2.27. The molecule has 0 amide bonds. The van der Waals surface area contributed by atoms with Crippen LogP contribution in [-0.4, -0.2) is 38.9 Å². The third kappa shape index (κ3) is 2.86. The molecule has 1 aromatic rings. The quantitative estimate of drug-likeness (QED) is 0.641. The predicted molar refractivity (Wildman–Crippen MR) is 63.3 cm³/mol. The maximum atomic E-state index is 13.4. The summed E-state index contributed by atoms with van der Waals surface area (Å²) in [5.41, 5.74) is -1.36. The number of nitrogens with one attached hydrogen (secondary N) is 2. The number of hydrogen-bond donors (Lipinski definition) is 2. The molecule has 0 unspecified atom stereocenters. The molecule has 0 bridgehead atoms. The van der Waals surface area contributed by atoms with Crippen LogP contribution in [0.5, 0.6) is 0 Å². The van der Waals surface area contributed by atoms with Crippen LogP contribution in [0.4, 0.5) is 23.2 Å². The van der Waals surface area contributed by atoms with Gasteiger partial charge in [0.15, 0.2) is 23.3 Å². The van der Waals surface area contributed by atoms with Gasteiger partial charge in [-0.2, -0.15) is 12.7 Å². The minimum absolute atomic E-state index is 0.00722. The molecule has 1 heterocycles. The van der Waals surface area contributed by atoms with Gasteiger partial charge >= 0.3 is 10.2 Å². The second-order valence-electron chi connectivity index (χ2n) is 4.10. The van der Waals surface area contributed by atoms with E-state index in [1.807, 2.05) is 0 Å². The van der Waals surface area contributed by atoms with E-state index in [1.54, 1.807) is 4.72 Å². The Morgan fingerprint density at radius 3 is 2.05 bits per heavy atom. The summed E-state index contributed by atoms with van der Waals surface area (Å²) in [6.07, 6.45) is 0. The van der Waals surface area contributed by atoms with Crippen LogP contribution in [0.3, 0.4) is 0 Å². The molecule has 2 N–H and O–H groups in total. The number of benzene rings is 1. The third-order valence-electron chi connectivity index (χ3n) is 2.76. The van der Waals surface area contributed by atoms with Crippen molar-refractivity contribution in [3.63, 3.8) is 0 Å². The average molecular weight is 313 g/mol. The van der Waals surface area contributed by atoms with E-state index in [1.165, 1.54) is 0 Å². The van der Waals surface area contributed by atoms with E-state index in [4.69, 9.17) is 0 Å². The molecule has 1 aromatic carbocycles. The van der Waals surface area contributed by atoms with Crippen LogP contribution in [0.25, 0.3) is 0 Å². The van der Waals surface area contributed by atoms with E-state index in [0.717, 1.165) is 4.31 Å². The average Bonchev–Trinajstić information content (AvgIpc) is 2.42. The first-order chi connectivity index (χ1) is 9.33. The first-order valence-electron chi connectivity index (χ1n) is 5.64. The molecule has 10 heteroatoms. The van der Waals surface area contributed by atoms with Crippen molar-refractivity contribution in [3.05, 3.63) is 29.3 Å². The molecule has 0 aliphatic carbocycles. The number of anilines is 1. The molecule has 0 saturated carbocycles. The van der Waals surface area contributed by atoms with Crippen molar-refractivity contribution >= 4 is 15.9 Å². The first-order valence-corrected chi connectivity index (χ1v) is 7.08. The summed E-state index contributed by atoms with van der Waals surface area (Å²) in [6, 6.07) is 0.00722. The van der Waals surface area contributed by atoms with Crippen molar-refractivity contribution in [2.75, 3.05) is 30.9 Å². The molecule has 1 aliphatic heterocycles. The fraction of sp³-hybridized carbons (Fsp3) is 0.400. The largest absolute Gasteiger partial charge is 0.314 e. The number of halogens is 4. The van der Waals surface area contributed by atoms with Gasteiger partial charge in [-0.05, 0) is 0 Å². The lowest BCUT2D eigenvalue weighted by molar-refractivity contribution is 0.362. The van der Waals surface area contributed by atoms with E-state index in [0.29, 0.717) is 13.1 Å². The van der Waals surface area contributed by atoms with Gasteiger partial charge in [0.1, 0.15) is 5.69 Å². The van der Waals surface area contributed by atoms with Crippen molar-refractivity contribution in [2.45, 2.75) is 0 Å². The molecule has 0 atom stereocenters. The Balaban J connectivity index is 2.34. The molecule has 0 radical (unpaired) electrons. The zero-order valence-electron chi connectivity index (χ0n) is 10.1. The van der Waals surface area contributed by atoms with Gasteiger partial charge in [0.25, 0.3) is 0 Å². The van der Waals surface area contributed by atoms with Crippen molar-refractivity contribution in [2.24, 2.45) is 0 Å². The van der Waals surface area contributed by atoms with Crippen LogP contribution in [-0.2, 0) is 10.2 Å². The van der Waals surface area contributed by atoms with Gasteiger partial charge in [-0.15, -0.1) is 0 Å². The normalized spacial score (nSPS) is 17.2. The van der Waals surface area contributed by atoms with Crippen LogP contribution in [0, 0.1) is 23.3 Å². The van der Waals surface area contributed by atoms with Gasteiger partial charge < -0.3 is 5.32 Å². The highest BCUT2D eigenvalue weighted by molar-refractivity contribution is 7.90. The molecular weight excluding hydrogens is 302 g/mol. The van der Waals surface area contributed by atoms with Crippen molar-refractivity contribution < 1.29 is 26.0 Å². The molecule has 1 aliphatic rings. The van der Waals surface area contributed by atoms with Crippen molar-refractivity contribution in [1.29, 1.82) is 0 Å². The second kappa shape index (κ2) is 5.54. The standard InChI is InChI=1S/C10H11F4N3O2S/c11-6-5-7(12)9(14)10(8(6)13)16-20(18,19)17-3-1-15-2-4-17/h5,15-16H,1-4H2. The molecule has 20 heavy (non-hydrogen) atoms. The Morgan fingerprint density at radius 1 is 1.05 bits per heavy atom. The highest BCUT2D eigenvalue weighted by Gasteiger charge is 2.28. The molecule has 5 nitrogen and oxygen atoms in total. The highest BCUT2D eigenvalue weighted by Crippen LogP contribution is 2.25. The van der Waals surface area contributed by atoms with E-state index in [-0.39, 0.29) is 19.2 Å². The Morgan fingerprint density at radius 2 is 1.55 bits per heavy atom. The lowest BCUT2D eigenvalue weighted by Crippen LogP contribution is -2.48. The molecule has 0 spiro atoms. The summed E-state index contributed by atoms with van der Waals surface area (Å²) in [7, 11) is -4.28. The number of rotatable bonds is 3. The van der Waals surface area contributed by atoms with Crippen molar-refractivity contribution in [3.8, 4) is 0 Å². The van der Waals surface area contributed by atoms with Crippen LogP contribution in [0.15, 0.2) is 6.07 Å². The van der Waals surface area contributed by atoms with Crippen LogP contribution >= 0.6 is 0 Å². The van der Waals surface area contributed by atoms with Crippen molar-refractivity contribution in [1.82, 2.24) is 9.62 Å². The van der Waals surface area contributed by atoms with Gasteiger partial charge in [0.05, 0.1) is 0 Å². The van der Waals surface area contributed by atoms with Gasteiger partial charge in [0, 0.05) is 32.2 Å². The van der Waals surface area contributed by atoms with Crippen LogP contribution in [0.2, 0.25) is 0 Å². The maximum absolute atomic E-state index is 13.4. The molecule has 112 valence electrons. The predicted octanol–water partition coefficient (Wildman–Crippen LogP) is 0.805. The Kier molecular flexibility index (Phi) is 4.16. The monoisotopic (exact) mass is 313 g/mol. The van der Waals surface area contributed by atoms with Crippen LogP contribution in [0.1, 0.15) is 0 Å². The molecular formula is C10H11F4N3O2S. The summed E-state index contributed by atoms with van der Waals surface area (Å²) < 4.78 is 79.0. The zero-order valence-corrected chi connectivity index (χ0v) is 10.9. The summed E-state index contributed by atoms with van der Waals surface area (Å²) >= 11 is 0. The number of piperazine rings is 1. The second-order valence-corrected chi connectivity index (χ2v) is 5.77. The lowest BCUT2D eigenvalue weighted by atomic mass is 10.3. The minimum atomic E-state index is -4.28. The molecule has 2 rings (SSSR count). The maximum Gasteiger partial charge on any atom is 0.301 e. The topological polar surface area (TPSA) is 61.4 Å². The fourth-order valence-corrected chi connectivity index (χ4v) is 2.97. The van der Waals surface area contributed by atoms with Gasteiger partial charge in [-0.25, -0.2) is 17.6 Å². The summed E-state index contributed by atoms with van der Waals surface area (Å²) in [4.78, 5) is 0. The fourth-order valence-electron chi connectivity index (χ4n) is 1.74. The van der Waals surface area contributed by atoms with E-state index >= 15 is 0 Å². The minimum Gasteiger partial charge on any atom is -0.314 e. The van der Waals surface area contributed by atoms with Crippen LogP contribution < -0.4 is 10.0 Å². The van der Waals surface area contributed by atoms with E-state index in [9.17, 15) is 26.0 Å². The third-order valence-corrected chi connectivity index (χ3v) is 4.27. The SMILES string of the molecule is O=S(=O)(Nc1c(F)c(F)cc(F)c1F)N1CCNCC1. The molecule has 1 saturated heterocycles. The zero-order chi connectivity index (χ0) is 14.9. The smallest absolute Gasteiger partial charge is 0.301 e. The summed E-state index contributed by atoms with van der Waals surface area (Å²) in [6.45, 7) is 0.888. The summed E-state index contributed by atoms with van der Waals surface area (Å²) in [5.74, 6) is -6.94. The van der Waals surface area contributed by atoms with E-state index in [2.05, 4.69) is 5.32 Å². The Hall–Kier alpha value is -1.39. The summed E-state index contributed by atoms with van der Waals surface area (Å²) in [5, 5.41) is 2.89. The molecule has 0 aromatic heterocycles.